The Morgan fingerprint density at radius 2 is 1.25 bits per heavy atom. The number of allylic oxidation sites excluding steroid dienone is 4. The molecule has 1 aliphatic carbocycles. The van der Waals surface area contributed by atoms with Crippen LogP contribution in [0.3, 0.4) is 0 Å². The van der Waals surface area contributed by atoms with E-state index in [1.54, 1.807) is 0 Å². The van der Waals surface area contributed by atoms with Gasteiger partial charge in [0.2, 0.25) is 0 Å². The molecule has 0 aromatic rings. The summed E-state index contributed by atoms with van der Waals surface area (Å²) >= 11 is 0. The molecule has 1 rings (SSSR count). The van der Waals surface area contributed by atoms with E-state index in [2.05, 4.69) is 51.9 Å². The summed E-state index contributed by atoms with van der Waals surface area (Å²) < 4.78 is 0.425. The minimum absolute atomic E-state index is 0.425. The van der Waals surface area contributed by atoms with Gasteiger partial charge in [0.05, 0.1) is 0 Å². The molecular weight excluding hydrogens is 257 g/mol. The van der Waals surface area contributed by atoms with Gasteiger partial charge in [-0.1, -0.05) is 0 Å². The van der Waals surface area contributed by atoms with Crippen molar-refractivity contribution < 1.29 is 10.3 Å². The summed E-state index contributed by atoms with van der Waals surface area (Å²) in [6.45, 7) is 0. The van der Waals surface area contributed by atoms with Gasteiger partial charge in [-0.05, 0) is 0 Å². The molecule has 0 bridgehead atoms. The number of rotatable bonds is 1. The zero-order chi connectivity index (χ0) is 9.78. The Kier molecular flexibility index (Phi) is 1.33. The molecule has 0 aromatic heterocycles. The molecule has 0 heterocycles. The number of hydrogen-bond donors (Lipinski definition) is 0. The van der Waals surface area contributed by atoms with Crippen LogP contribution in [0.1, 0.15) is 0 Å². The summed E-state index contributed by atoms with van der Waals surface area (Å²) in [5.41, 5.74) is 11.3. The van der Waals surface area contributed by atoms with E-state index in [4.69, 9.17) is 9.69 Å². The molecule has 0 radical (unpaired) electrons. The molecule has 0 unspecified atom stereocenters. The Balaban J connectivity index is 3.35. The van der Waals surface area contributed by atoms with Gasteiger partial charge in [0, 0.05) is 0 Å². The van der Waals surface area contributed by atoms with E-state index in [0.717, 1.165) is 0 Å². The van der Waals surface area contributed by atoms with Gasteiger partial charge in [0.25, 0.3) is 0 Å². The van der Waals surface area contributed by atoms with Crippen LogP contribution in [-0.2, 0) is 10.3 Å². The first kappa shape index (κ1) is 10.5. The quantitative estimate of drug-likeness (QED) is 0.588. The zero-order valence-electron chi connectivity index (χ0n) is 8.62. The van der Waals surface area contributed by atoms with E-state index >= 15 is 0 Å². The molecule has 75 valence electrons. The summed E-state index contributed by atoms with van der Waals surface area (Å²) in [5.74, 6) is 0. The second-order valence-corrected chi connectivity index (χ2v) is 42.5. The molecule has 0 spiro atoms. The minimum atomic E-state index is -3.55. The normalized spacial score (nSPS) is 27.7. The zero-order valence-corrected chi connectivity index (χ0v) is 11.1. The molecule has 0 N–H and O–H groups in total. The van der Waals surface area contributed by atoms with Crippen LogP contribution < -0.4 is 0 Å². The molecule has 1 aliphatic rings. The van der Waals surface area contributed by atoms with Gasteiger partial charge in [0.15, 0.2) is 0 Å². The van der Waals surface area contributed by atoms with Gasteiger partial charge in [-0.3, -0.25) is 0 Å². The molecule has 2 heteroatoms. The van der Waals surface area contributed by atoms with Gasteiger partial charge in [-0.2, -0.15) is 0 Å². The molecule has 12 heavy (non-hydrogen) atoms. The van der Waals surface area contributed by atoms with Crippen LogP contribution in [0.5, 0.6) is 0 Å². The summed E-state index contributed by atoms with van der Waals surface area (Å²) in [7, 11) is 3.42. The van der Waals surface area contributed by atoms with Crippen molar-refractivity contribution in [3.8, 4) is 0 Å². The van der Waals surface area contributed by atoms with Gasteiger partial charge in [0.1, 0.15) is 0 Å². The molecule has 0 atom stereocenters. The van der Waals surface area contributed by atoms with Gasteiger partial charge >= 0.3 is 76.4 Å². The Morgan fingerprint density at radius 3 is 1.42 bits per heavy atom. The molecule has 0 aromatic carbocycles. The molecule has 0 nitrogen and oxygen atoms in total. The first-order valence-corrected chi connectivity index (χ1v) is 15.7. The summed E-state index contributed by atoms with van der Waals surface area (Å²) in [4.78, 5) is 0. The average Bonchev–Trinajstić information content (AvgIpc) is 1.99. The molecular formula is C10H20ClRu. The monoisotopic (exact) mass is 277 g/mol. The van der Waals surface area contributed by atoms with Crippen molar-refractivity contribution in [3.63, 3.8) is 0 Å². The number of hydrogen-bond acceptors (Lipinski definition) is 0. The van der Waals surface area contributed by atoms with Crippen LogP contribution in [0, 0.1) is 0 Å². The topological polar surface area (TPSA) is 0 Å². The SMILES string of the molecule is [CH3][Ru]([CH3])([CH3])([CH3])([CH3])([Cl])[CH]1C=CC=C1. The third-order valence-corrected chi connectivity index (χ3v) is 9.91. The Morgan fingerprint density at radius 1 is 0.917 bits per heavy atom. The molecule has 0 aliphatic heterocycles. The van der Waals surface area contributed by atoms with Crippen LogP contribution in [-0.4, -0.2) is 0 Å². The van der Waals surface area contributed by atoms with Crippen molar-refractivity contribution in [1.82, 2.24) is 0 Å². The van der Waals surface area contributed by atoms with Crippen molar-refractivity contribution in [1.29, 1.82) is 0 Å². The van der Waals surface area contributed by atoms with Gasteiger partial charge in [-0.15, -0.1) is 0 Å². The molecule has 0 saturated heterocycles. The van der Waals surface area contributed by atoms with Gasteiger partial charge < -0.3 is 0 Å². The van der Waals surface area contributed by atoms with Crippen LogP contribution in [0.15, 0.2) is 24.3 Å². The van der Waals surface area contributed by atoms with Crippen molar-refractivity contribution in [2.75, 3.05) is 0 Å². The van der Waals surface area contributed by atoms with Gasteiger partial charge in [-0.25, -0.2) is 0 Å². The summed E-state index contributed by atoms with van der Waals surface area (Å²) in [5, 5.41) is 0. The number of halogens is 1. The fourth-order valence-corrected chi connectivity index (χ4v) is 5.72. The van der Waals surface area contributed by atoms with E-state index in [1.807, 2.05) is 0 Å². The van der Waals surface area contributed by atoms with E-state index in [9.17, 15) is 0 Å². The Labute approximate surface area is 76.3 Å². The summed E-state index contributed by atoms with van der Waals surface area (Å²) in [6.07, 6.45) is 8.63. The van der Waals surface area contributed by atoms with E-state index in [1.165, 1.54) is 0 Å². The Bertz CT molecular complexity index is 262. The molecule has 0 saturated carbocycles. The van der Waals surface area contributed by atoms with Crippen molar-refractivity contribution in [2.45, 2.75) is 32.1 Å². The first-order chi connectivity index (χ1) is 4.80. The van der Waals surface area contributed by atoms with Crippen molar-refractivity contribution >= 4 is 9.69 Å². The second kappa shape index (κ2) is 1.53. The summed E-state index contributed by atoms with van der Waals surface area (Å²) in [6, 6.07) is 0. The maximum absolute atomic E-state index is 6.97. The maximum atomic E-state index is 6.97. The predicted molar refractivity (Wildman–Crippen MR) is 57.2 cm³/mol. The van der Waals surface area contributed by atoms with E-state index in [-0.39, 0.29) is 0 Å². The molecule has 0 amide bonds. The second-order valence-electron chi connectivity index (χ2n) is 6.50. The van der Waals surface area contributed by atoms with Crippen molar-refractivity contribution in [2.24, 2.45) is 0 Å². The average molecular weight is 277 g/mol. The molecule has 0 fully saturated rings. The van der Waals surface area contributed by atoms with Crippen LogP contribution in [0.2, 0.25) is 32.1 Å². The third kappa shape index (κ3) is 2.44. The predicted octanol–water partition coefficient (Wildman–Crippen LogP) is 5.06. The van der Waals surface area contributed by atoms with Crippen LogP contribution in [0.25, 0.3) is 0 Å². The Hall–Kier alpha value is 0.393. The fraction of sp³-hybridized carbons (Fsp3) is 0.600. The van der Waals surface area contributed by atoms with E-state index < -0.39 is 10.3 Å². The van der Waals surface area contributed by atoms with E-state index in [0.29, 0.717) is 4.51 Å². The third-order valence-electron chi connectivity index (χ3n) is 1.96. The van der Waals surface area contributed by atoms with Crippen molar-refractivity contribution in [3.05, 3.63) is 24.3 Å². The fourth-order valence-electron chi connectivity index (χ4n) is 1.13. The standard InChI is InChI=1S/C5H5.5CH3.ClH.Ru/c1-2-4-5-3-1;;;;;;;/h1-5H;5*1H3;1H;/q;;;;;;;+1/p-1. The first-order valence-electron chi connectivity index (χ1n) is 3.77. The van der Waals surface area contributed by atoms with Crippen LogP contribution >= 0.6 is 9.69 Å². The van der Waals surface area contributed by atoms with Crippen LogP contribution in [0.4, 0.5) is 0 Å².